The van der Waals surface area contributed by atoms with Crippen LogP contribution in [0.1, 0.15) is 117 Å². The van der Waals surface area contributed by atoms with Gasteiger partial charge in [-0.15, -0.1) is 0 Å². The lowest BCUT2D eigenvalue weighted by molar-refractivity contribution is -0.361. The Bertz CT molecular complexity index is 2730. The van der Waals surface area contributed by atoms with Gasteiger partial charge in [0.25, 0.3) is 0 Å². The normalized spacial score (nSPS) is 43.5. The Balaban J connectivity index is 0.000000397. The Kier molecular flexibility index (Phi) is 54.8. The Morgan fingerprint density at radius 1 is 0.223 bits per heavy atom. The van der Waals surface area contributed by atoms with Gasteiger partial charge < -0.3 is 250 Å². The quantitative estimate of drug-likeness (QED) is 0.0346. The zero-order valence-corrected chi connectivity index (χ0v) is 75.5. The maximum Gasteiger partial charge on any atom is 0.217 e. The van der Waals surface area contributed by atoms with Crippen molar-refractivity contribution in [3.05, 3.63) is 0 Å². The molecule has 9 heterocycles. The molecule has 0 spiro atoms. The van der Waals surface area contributed by atoms with Crippen molar-refractivity contribution >= 4 is 5.91 Å². The molecule has 0 aromatic heterocycles. The molecule has 34 N–H and O–H groups in total. The maximum atomic E-state index is 11.1. The fraction of sp³-hybridized carbons (Fsp3) is 0.987. The Morgan fingerprint density at radius 2 is 0.400 bits per heavy atom. The molecule has 0 bridgehead atoms. The first-order chi connectivity index (χ1) is 60.6. The molecule has 0 saturated carbocycles. The Labute approximate surface area is 752 Å². The van der Waals surface area contributed by atoms with Gasteiger partial charge in [0.2, 0.25) is 5.91 Å². The molecule has 130 heavy (non-hydrogen) atoms. The first-order valence-corrected chi connectivity index (χ1v) is 43.2. The first kappa shape index (κ1) is 122. The van der Waals surface area contributed by atoms with Gasteiger partial charge in [0.05, 0.1) is 102 Å². The van der Waals surface area contributed by atoms with Gasteiger partial charge in [-0.2, -0.15) is 0 Å². The lowest BCUT2D eigenvalue weighted by Crippen LogP contribution is -2.64. The van der Waals surface area contributed by atoms with Crippen LogP contribution >= 0.6 is 0 Å². The van der Waals surface area contributed by atoms with Crippen molar-refractivity contribution < 1.29 is 249 Å². The number of amides is 1. The number of nitrogens with one attached hydrogen (secondary N) is 1. The monoisotopic (exact) mass is 1920 g/mol. The number of hydrogen-bond donors (Lipinski definition) is 34. The zero-order chi connectivity index (χ0) is 99.4. The van der Waals surface area contributed by atoms with Crippen LogP contribution in [0.4, 0.5) is 0 Å². The number of hydrogen-bond acceptors (Lipinski definition) is 50. The van der Waals surface area contributed by atoms with E-state index in [1.807, 2.05) is 27.7 Å². The molecule has 45 unspecified atom stereocenters. The van der Waals surface area contributed by atoms with Crippen molar-refractivity contribution in [2.45, 2.75) is 423 Å². The molecule has 9 rings (SSSR count). The average molecular weight is 1920 g/mol. The highest BCUT2D eigenvalue weighted by Gasteiger charge is 2.55. The fourth-order valence-corrected chi connectivity index (χ4v) is 14.3. The highest BCUT2D eigenvalue weighted by Crippen LogP contribution is 2.35. The van der Waals surface area contributed by atoms with E-state index in [-0.39, 0.29) is 49.0 Å². The summed E-state index contributed by atoms with van der Waals surface area (Å²) in [6.07, 6.45) is -54.8. The van der Waals surface area contributed by atoms with E-state index in [2.05, 4.69) is 5.32 Å². The highest BCUT2D eigenvalue weighted by molar-refractivity contribution is 5.73. The predicted octanol–water partition coefficient (Wildman–Crippen LogP) is -15.4. The number of carbonyl (C=O) groups excluding carboxylic acids is 1. The molecular weight excluding hydrogens is 1760 g/mol. The van der Waals surface area contributed by atoms with E-state index in [4.69, 9.17) is 101 Å². The molecule has 0 aliphatic carbocycles. The zero-order valence-electron chi connectivity index (χ0n) is 75.5. The average Bonchev–Trinajstić information content (AvgIpc) is 0.780. The first-order valence-electron chi connectivity index (χ1n) is 43.2. The minimum Gasteiger partial charge on any atom is -0.394 e. The molecule has 0 aromatic rings. The second-order valence-electron chi connectivity index (χ2n) is 34.8. The number of ether oxygens (including phenoxy) is 16. The summed E-state index contributed by atoms with van der Waals surface area (Å²) in [4.78, 5) is 11.1. The molecule has 774 valence electrons. The summed E-state index contributed by atoms with van der Waals surface area (Å²) in [5.74, 6) is 0.130. The fourth-order valence-electron chi connectivity index (χ4n) is 14.3. The van der Waals surface area contributed by atoms with Crippen LogP contribution in [0, 0.1) is 11.8 Å². The number of carbonyl (C=O) groups is 1. The van der Waals surface area contributed by atoms with Crippen LogP contribution in [-0.4, -0.2) is 540 Å². The van der Waals surface area contributed by atoms with Gasteiger partial charge in [-0.1, -0.05) is 27.7 Å². The molecule has 9 saturated heterocycles. The van der Waals surface area contributed by atoms with E-state index in [1.165, 1.54) is 6.92 Å². The minimum atomic E-state index is -1.69. The van der Waals surface area contributed by atoms with E-state index in [9.17, 15) is 148 Å². The van der Waals surface area contributed by atoms with Crippen molar-refractivity contribution in [3.8, 4) is 0 Å². The van der Waals surface area contributed by atoms with Crippen LogP contribution in [0.25, 0.3) is 0 Å². The lowest BCUT2D eigenvalue weighted by Gasteiger charge is -2.46. The SMILES string of the molecule is CC(=O)NC1C(OC(C)C)OC(CO)C(O)C1O.CC(C)CC1OC(CO)C(O)C(O)C1O.CC(C)CC1OC(CO)C(OC2OC(CO)C(O)C(O)C2O)C(O)C1O.CC(C)OC1OC(CO)C(O)C(O)C1O.CC(C)OC1OC(CO)C(O)C(O)C1O.CC(C)OC1OC(CO)C(O)C(O)C1O.CC(C)OC1OC(CO)C(OC2OC(CO)C(O)C(O)C2O)C(O)C1O. The molecule has 0 radical (unpaired) electrons. The smallest absolute Gasteiger partial charge is 0.217 e. The molecule has 9 fully saturated rings. The van der Waals surface area contributed by atoms with Crippen LogP contribution in [0.5, 0.6) is 0 Å². The van der Waals surface area contributed by atoms with E-state index in [0.717, 1.165) is 0 Å². The predicted molar refractivity (Wildman–Crippen MR) is 433 cm³/mol. The largest absolute Gasteiger partial charge is 0.394 e. The molecule has 45 atom stereocenters. The lowest BCUT2D eigenvalue weighted by atomic mass is 9.90. The third kappa shape index (κ3) is 35.1. The van der Waals surface area contributed by atoms with E-state index in [0.29, 0.717) is 18.8 Å². The van der Waals surface area contributed by atoms with Crippen molar-refractivity contribution in [3.63, 3.8) is 0 Å². The van der Waals surface area contributed by atoms with E-state index < -0.39 is 329 Å². The molecule has 51 heteroatoms. The van der Waals surface area contributed by atoms with Crippen LogP contribution in [-0.2, 0) is 80.6 Å². The summed E-state index contributed by atoms with van der Waals surface area (Å²) >= 11 is 0. The summed E-state index contributed by atoms with van der Waals surface area (Å²) in [5, 5.41) is 319. The van der Waals surface area contributed by atoms with Crippen LogP contribution in [0.3, 0.4) is 0 Å². The molecule has 9 aliphatic rings. The van der Waals surface area contributed by atoms with Crippen LogP contribution in [0.2, 0.25) is 0 Å². The topological polar surface area (TPSA) is 844 Å². The van der Waals surface area contributed by atoms with Crippen LogP contribution < -0.4 is 5.32 Å². The second-order valence-corrected chi connectivity index (χ2v) is 34.8. The second kappa shape index (κ2) is 58.5. The minimum absolute atomic E-state index is 0.184. The highest BCUT2D eigenvalue weighted by atomic mass is 16.8. The van der Waals surface area contributed by atoms with E-state index in [1.54, 1.807) is 69.2 Å². The third-order valence-corrected chi connectivity index (χ3v) is 21.3. The third-order valence-electron chi connectivity index (χ3n) is 21.3. The van der Waals surface area contributed by atoms with E-state index >= 15 is 0 Å². The number of aliphatic hydroxyl groups excluding tert-OH is 33. The summed E-state index contributed by atoms with van der Waals surface area (Å²) in [6.45, 7) is 22.0. The Hall–Kier alpha value is -2.49. The van der Waals surface area contributed by atoms with Gasteiger partial charge in [0.15, 0.2) is 44.0 Å². The maximum absolute atomic E-state index is 11.1. The van der Waals surface area contributed by atoms with Gasteiger partial charge >= 0.3 is 0 Å². The summed E-state index contributed by atoms with van der Waals surface area (Å²) in [6, 6.07) is -0.873. The standard InChI is InChI=1S/C16H30O10.C15H28O11.C11H21NO6.C10H20O5.3C9H18O6/c1-6(2)3-7-10(19)13(22)15(9(5-18)24-7)26-16-14(23)12(21)11(20)8(4-17)25-16;1-5(2)23-14-12(22)10(20)13(7(4-17)25-14)26-15-11(21)9(19)8(18)6(3-16)24-15;1-5(2)17-11-8(12-6(3)14)10(16)9(15)7(4-13)18-11;1-5(2)3-6-8(12)10(14)9(13)7(4-11)15-6;3*1-4(2)14-9-8(13)7(12)6(11)5(3-10)15-9/h6-23H,3-5H2,1-2H3;5-22H,3-4H2,1-2H3;5,7-11,13,15-16H,4H2,1-3H3,(H,12,14);5-14H,3-4H2,1-2H3;3*4-13H,3H2,1-2H3. The van der Waals surface area contributed by atoms with Crippen molar-refractivity contribution in [2.24, 2.45) is 11.8 Å². The van der Waals surface area contributed by atoms with Crippen molar-refractivity contribution in [2.75, 3.05) is 59.5 Å². The van der Waals surface area contributed by atoms with Gasteiger partial charge in [0.1, 0.15) is 220 Å². The molecule has 0 aromatic carbocycles. The molecule has 1 amide bonds. The van der Waals surface area contributed by atoms with Crippen molar-refractivity contribution in [1.29, 1.82) is 0 Å². The Morgan fingerprint density at radius 3 is 0.654 bits per heavy atom. The molecule has 51 nitrogen and oxygen atoms in total. The van der Waals surface area contributed by atoms with Gasteiger partial charge in [-0.05, 0) is 93.9 Å². The van der Waals surface area contributed by atoms with Gasteiger partial charge in [-0.25, -0.2) is 0 Å². The number of rotatable bonds is 28. The summed E-state index contributed by atoms with van der Waals surface area (Å²) in [7, 11) is 0. The summed E-state index contributed by atoms with van der Waals surface area (Å²) in [5.41, 5.74) is 0. The molecular formula is C79H153NO50. The van der Waals surface area contributed by atoms with Crippen molar-refractivity contribution in [1.82, 2.24) is 5.32 Å². The molecule has 9 aliphatic heterocycles. The summed E-state index contributed by atoms with van der Waals surface area (Å²) < 4.78 is 84.8. The van der Waals surface area contributed by atoms with Crippen LogP contribution in [0.15, 0.2) is 0 Å². The number of aliphatic hydroxyl groups is 33. The van der Waals surface area contributed by atoms with Gasteiger partial charge in [0, 0.05) is 6.92 Å². The van der Waals surface area contributed by atoms with Gasteiger partial charge in [-0.3, -0.25) is 4.79 Å².